The number of aryl methyl sites for hydroxylation is 1. The molecule has 10 heteroatoms. The van der Waals surface area contributed by atoms with Crippen molar-refractivity contribution in [3.05, 3.63) is 107 Å². The Balaban J connectivity index is 1.13. The van der Waals surface area contributed by atoms with E-state index in [2.05, 4.69) is 23.4 Å². The van der Waals surface area contributed by atoms with Gasteiger partial charge in [-0.2, -0.15) is 0 Å². The van der Waals surface area contributed by atoms with Crippen LogP contribution >= 0.6 is 0 Å². The minimum Gasteiger partial charge on any atom is -0.508 e. The number of amides is 1. The van der Waals surface area contributed by atoms with Crippen LogP contribution in [-0.4, -0.2) is 72.2 Å². The van der Waals surface area contributed by atoms with Crippen molar-refractivity contribution in [3.63, 3.8) is 0 Å². The van der Waals surface area contributed by atoms with E-state index in [1.807, 2.05) is 54.6 Å². The summed E-state index contributed by atoms with van der Waals surface area (Å²) in [6.45, 7) is 5.37. The van der Waals surface area contributed by atoms with Crippen LogP contribution in [0, 0.1) is 5.92 Å². The smallest absolute Gasteiger partial charge is 0.314 e. The molecule has 0 radical (unpaired) electrons. The molecule has 0 aliphatic carbocycles. The van der Waals surface area contributed by atoms with Gasteiger partial charge in [-0.05, 0) is 76.9 Å². The highest BCUT2D eigenvalue weighted by Crippen LogP contribution is 2.28. The molecule has 49 heavy (non-hydrogen) atoms. The number of phenolic OH excluding ortho intramolecular Hbond substituents is 1. The number of aliphatic carboxylic acids is 1. The highest BCUT2D eigenvalue weighted by Gasteiger charge is 2.28. The van der Waals surface area contributed by atoms with Gasteiger partial charge in [-0.3, -0.25) is 9.59 Å². The first kappa shape index (κ1) is 36.7. The zero-order valence-electron chi connectivity index (χ0n) is 28.4. The summed E-state index contributed by atoms with van der Waals surface area (Å²) >= 11 is 0. The molecule has 0 fully saturated rings. The number of likely N-dealkylation sites (N-methyl/N-ethyl adjacent to an activating group) is 1. The van der Waals surface area contributed by atoms with E-state index >= 15 is 0 Å². The van der Waals surface area contributed by atoms with Gasteiger partial charge >= 0.3 is 5.97 Å². The third-order valence-corrected chi connectivity index (χ3v) is 8.01. The number of phenols is 1. The lowest BCUT2D eigenvalue weighted by Gasteiger charge is -2.17. The number of hydrogen-bond donors (Lipinski definition) is 2. The van der Waals surface area contributed by atoms with Crippen molar-refractivity contribution in [2.75, 3.05) is 40.0 Å². The van der Waals surface area contributed by atoms with E-state index in [0.717, 1.165) is 24.2 Å². The molecule has 1 atom stereocenters. The van der Waals surface area contributed by atoms with Crippen LogP contribution in [-0.2, 0) is 20.7 Å². The van der Waals surface area contributed by atoms with E-state index < -0.39 is 11.9 Å². The molecule has 3 aromatic carbocycles. The average molecular weight is 671 g/mol. The minimum atomic E-state index is -0.971. The first-order valence-electron chi connectivity index (χ1n) is 16.6. The number of nitrogens with zero attached hydrogens (tertiary/aromatic N) is 2. The second-order valence-corrected chi connectivity index (χ2v) is 12.1. The normalized spacial score (nSPS) is 12.1. The molecule has 4 rings (SSSR count). The number of rotatable bonds is 20. The zero-order chi connectivity index (χ0) is 35.0. The third kappa shape index (κ3) is 12.1. The van der Waals surface area contributed by atoms with E-state index in [9.17, 15) is 19.8 Å². The van der Waals surface area contributed by atoms with Crippen LogP contribution in [0.1, 0.15) is 61.5 Å². The molecule has 0 saturated heterocycles. The number of carboxylic acids is 1. The molecule has 10 nitrogen and oxygen atoms in total. The zero-order valence-corrected chi connectivity index (χ0v) is 28.4. The Hall–Kier alpha value is -5.09. The van der Waals surface area contributed by atoms with Crippen molar-refractivity contribution in [1.82, 2.24) is 10.1 Å². The van der Waals surface area contributed by atoms with Crippen molar-refractivity contribution >= 4 is 23.5 Å². The number of carbonyl (C=O) groups is 2. The first-order valence-corrected chi connectivity index (χ1v) is 16.6. The van der Waals surface area contributed by atoms with E-state index in [4.69, 9.17) is 18.7 Å². The molecule has 0 saturated carbocycles. The number of aromatic nitrogens is 1. The average Bonchev–Trinajstić information content (AvgIpc) is 3.55. The van der Waals surface area contributed by atoms with E-state index in [1.54, 1.807) is 37.9 Å². The Labute approximate surface area is 287 Å². The summed E-state index contributed by atoms with van der Waals surface area (Å²) in [5, 5.41) is 22.7. The molecular formula is C39H46N2O8. The topological polar surface area (TPSA) is 132 Å². The number of carbonyl (C=O) groups excluding carboxylic acids is 1. The lowest BCUT2D eigenvalue weighted by Crippen LogP contribution is -2.30. The highest BCUT2D eigenvalue weighted by molar-refractivity contribution is 5.81. The molecule has 0 bridgehead atoms. The SMILES string of the molecule is CC(C)C(C(=O)O)c1cc(OCCOCCCC(=O)N(C)CCOc2ccc(/C=C(/CCc3ccc(O)cc3)c3ccccc3)cc2)no1. The molecule has 1 amide bonds. The van der Waals surface area contributed by atoms with Gasteiger partial charge in [0, 0.05) is 26.1 Å². The van der Waals surface area contributed by atoms with Crippen LogP contribution in [0.15, 0.2) is 89.5 Å². The number of benzene rings is 3. The second kappa shape index (κ2) is 19.0. The molecule has 0 aliphatic heterocycles. The summed E-state index contributed by atoms with van der Waals surface area (Å²) in [7, 11) is 1.76. The molecule has 1 heterocycles. The third-order valence-electron chi connectivity index (χ3n) is 8.01. The van der Waals surface area contributed by atoms with E-state index in [1.165, 1.54) is 22.8 Å². The summed E-state index contributed by atoms with van der Waals surface area (Å²) in [4.78, 5) is 25.7. The highest BCUT2D eigenvalue weighted by atomic mass is 16.6. The Morgan fingerprint density at radius 2 is 1.63 bits per heavy atom. The fourth-order valence-corrected chi connectivity index (χ4v) is 5.23. The van der Waals surface area contributed by atoms with Crippen molar-refractivity contribution in [3.8, 4) is 17.4 Å². The maximum Gasteiger partial charge on any atom is 0.314 e. The largest absolute Gasteiger partial charge is 0.508 e. The van der Waals surface area contributed by atoms with Crippen LogP contribution in [0.2, 0.25) is 0 Å². The van der Waals surface area contributed by atoms with Gasteiger partial charge < -0.3 is 33.8 Å². The Kier molecular flexibility index (Phi) is 14.3. The molecule has 2 N–H and O–H groups in total. The van der Waals surface area contributed by atoms with Crippen LogP contribution in [0.3, 0.4) is 0 Å². The minimum absolute atomic E-state index is 0.0120. The number of aromatic hydroxyl groups is 1. The van der Waals surface area contributed by atoms with E-state index in [0.29, 0.717) is 39.2 Å². The Morgan fingerprint density at radius 3 is 2.33 bits per heavy atom. The van der Waals surface area contributed by atoms with Gasteiger partial charge in [0.25, 0.3) is 5.88 Å². The lowest BCUT2D eigenvalue weighted by atomic mass is 9.94. The van der Waals surface area contributed by atoms with Crippen LogP contribution < -0.4 is 9.47 Å². The molecule has 260 valence electrons. The van der Waals surface area contributed by atoms with Gasteiger partial charge in [0.05, 0.1) is 13.2 Å². The van der Waals surface area contributed by atoms with Gasteiger partial charge in [0.1, 0.15) is 30.6 Å². The van der Waals surface area contributed by atoms with Gasteiger partial charge in [-0.1, -0.05) is 74.5 Å². The summed E-state index contributed by atoms with van der Waals surface area (Å²) in [5.74, 6) is -0.414. The standard InChI is InChI=1S/C39H46N2O8/c1-28(2)38(39(44)45)35-27-36(40-49-35)48-25-24-46-22-7-10-37(43)41(3)21-23-47-34-19-14-30(15-20-34)26-32(31-8-5-4-6-9-31)16-11-29-12-17-33(42)18-13-29/h4-6,8-9,12-15,17-20,26-28,38,42H,7,10-11,16,21-25H2,1-3H3,(H,44,45)/b32-26-. The fraction of sp³-hybridized carbons (Fsp3) is 0.359. The molecule has 1 aromatic heterocycles. The Morgan fingerprint density at radius 1 is 0.898 bits per heavy atom. The maximum atomic E-state index is 12.5. The van der Waals surface area contributed by atoms with Crippen LogP contribution in [0.4, 0.5) is 0 Å². The predicted octanol–water partition coefficient (Wildman–Crippen LogP) is 7.09. The first-order chi connectivity index (χ1) is 23.7. The predicted molar refractivity (Wildman–Crippen MR) is 188 cm³/mol. The Bertz CT molecular complexity index is 1610. The summed E-state index contributed by atoms with van der Waals surface area (Å²) in [6, 6.07) is 27.1. The van der Waals surface area contributed by atoms with Crippen LogP contribution in [0.25, 0.3) is 11.6 Å². The van der Waals surface area contributed by atoms with Gasteiger partial charge in [-0.25, -0.2) is 0 Å². The monoisotopic (exact) mass is 670 g/mol. The number of carboxylic acid groups (broad SMARTS) is 1. The molecule has 0 aliphatic rings. The van der Waals surface area contributed by atoms with Gasteiger partial charge in [0.15, 0.2) is 5.76 Å². The van der Waals surface area contributed by atoms with Crippen molar-refractivity contribution in [2.45, 2.75) is 45.4 Å². The molecular weight excluding hydrogens is 624 g/mol. The second-order valence-electron chi connectivity index (χ2n) is 12.1. The lowest BCUT2D eigenvalue weighted by molar-refractivity contribution is -0.140. The molecule has 4 aromatic rings. The van der Waals surface area contributed by atoms with Crippen molar-refractivity contribution in [2.24, 2.45) is 5.92 Å². The fourth-order valence-electron chi connectivity index (χ4n) is 5.23. The summed E-state index contributed by atoms with van der Waals surface area (Å²) < 4.78 is 22.1. The van der Waals surface area contributed by atoms with E-state index in [-0.39, 0.29) is 35.8 Å². The quantitative estimate of drug-likeness (QED) is 0.0747. The summed E-state index contributed by atoms with van der Waals surface area (Å²) in [5.41, 5.74) is 4.63. The molecule has 0 spiro atoms. The summed E-state index contributed by atoms with van der Waals surface area (Å²) in [6.07, 6.45) is 4.84. The number of ether oxygens (including phenoxy) is 3. The number of hydrogen-bond acceptors (Lipinski definition) is 8. The molecule has 1 unspecified atom stereocenters. The number of allylic oxidation sites excluding steroid dienone is 1. The maximum absolute atomic E-state index is 12.5. The van der Waals surface area contributed by atoms with Gasteiger partial charge in [-0.15, -0.1) is 0 Å². The van der Waals surface area contributed by atoms with Gasteiger partial charge in [0.2, 0.25) is 5.91 Å². The van der Waals surface area contributed by atoms with Crippen molar-refractivity contribution < 1.29 is 38.5 Å². The van der Waals surface area contributed by atoms with Crippen molar-refractivity contribution in [1.29, 1.82) is 0 Å². The van der Waals surface area contributed by atoms with Crippen LogP contribution in [0.5, 0.6) is 17.4 Å².